The second kappa shape index (κ2) is 10.1. The summed E-state index contributed by atoms with van der Waals surface area (Å²) in [7, 11) is 0. The van der Waals surface area contributed by atoms with E-state index in [1.165, 1.54) is 17.3 Å². The summed E-state index contributed by atoms with van der Waals surface area (Å²) in [5, 5.41) is 11.2. The fourth-order valence-electron chi connectivity index (χ4n) is 4.44. The van der Waals surface area contributed by atoms with Crippen LogP contribution < -0.4 is 0 Å². The maximum absolute atomic E-state index is 13.3. The Morgan fingerprint density at radius 1 is 0.912 bits per heavy atom. The first-order valence-corrected chi connectivity index (χ1v) is 12.6. The molecule has 1 N–H and O–H groups in total. The Morgan fingerprint density at radius 2 is 1.53 bits per heavy atom. The highest BCUT2D eigenvalue weighted by molar-refractivity contribution is 8.04. The van der Waals surface area contributed by atoms with Gasteiger partial charge in [-0.15, -0.1) is 0 Å². The zero-order chi connectivity index (χ0) is 24.2. The monoisotopic (exact) mass is 472 g/mol. The van der Waals surface area contributed by atoms with Gasteiger partial charge in [-0.1, -0.05) is 111 Å². The lowest BCUT2D eigenvalue weighted by molar-refractivity contribution is -0.160. The normalized spacial score (nSPS) is 18.6. The van der Waals surface area contributed by atoms with Crippen LogP contribution >= 0.6 is 11.8 Å². The molecular formula is C30H32O3S. The van der Waals surface area contributed by atoms with E-state index in [2.05, 4.69) is 39.0 Å². The maximum atomic E-state index is 13.3. The second-order valence-corrected chi connectivity index (χ2v) is 11.2. The summed E-state index contributed by atoms with van der Waals surface area (Å²) in [4.78, 5) is 14.6. The standard InChI is InChI=1S/C30H32O3S/c1-29(2,3)20-23-14-10-11-17-26(23)34-27-25(31)21-30(33-28(27)32,24-15-8-5-9-16-24)19-18-22-12-6-4-7-13-22/h4-17,31H,18-21H2,1-3H3. The van der Waals surface area contributed by atoms with E-state index in [0.717, 1.165) is 28.9 Å². The number of benzene rings is 3. The molecular weight excluding hydrogens is 440 g/mol. The molecule has 0 saturated carbocycles. The van der Waals surface area contributed by atoms with Crippen molar-refractivity contribution in [3.8, 4) is 0 Å². The number of hydrogen-bond acceptors (Lipinski definition) is 4. The van der Waals surface area contributed by atoms with Gasteiger partial charge in [0.2, 0.25) is 0 Å². The molecule has 0 amide bonds. The molecule has 0 fully saturated rings. The van der Waals surface area contributed by atoms with Crippen LogP contribution in [0.15, 0.2) is 100 Å². The number of hydrogen-bond donors (Lipinski definition) is 1. The summed E-state index contributed by atoms with van der Waals surface area (Å²) in [6.07, 6.45) is 2.48. The van der Waals surface area contributed by atoms with Gasteiger partial charge in [-0.05, 0) is 47.4 Å². The molecule has 34 heavy (non-hydrogen) atoms. The third-order valence-corrected chi connectivity index (χ3v) is 7.28. The third-order valence-electron chi connectivity index (χ3n) is 6.05. The average molecular weight is 473 g/mol. The van der Waals surface area contributed by atoms with Gasteiger partial charge in [0.05, 0.1) is 6.42 Å². The zero-order valence-corrected chi connectivity index (χ0v) is 20.9. The van der Waals surface area contributed by atoms with Gasteiger partial charge in [-0.3, -0.25) is 0 Å². The Bertz CT molecular complexity index is 1160. The smallest absolute Gasteiger partial charge is 0.349 e. The molecule has 4 rings (SSSR count). The van der Waals surface area contributed by atoms with Crippen LogP contribution in [-0.2, 0) is 28.0 Å². The van der Waals surface area contributed by atoms with Gasteiger partial charge in [0, 0.05) is 4.90 Å². The van der Waals surface area contributed by atoms with E-state index in [4.69, 9.17) is 4.74 Å². The number of ether oxygens (including phenoxy) is 1. The predicted octanol–water partition coefficient (Wildman–Crippen LogP) is 7.61. The summed E-state index contributed by atoms with van der Waals surface area (Å²) < 4.78 is 6.20. The number of thioether (sulfide) groups is 1. The lowest BCUT2D eigenvalue weighted by Gasteiger charge is -2.37. The number of carbonyl (C=O) groups is 1. The van der Waals surface area contributed by atoms with Gasteiger partial charge < -0.3 is 9.84 Å². The number of aliphatic hydroxyl groups is 1. The van der Waals surface area contributed by atoms with Crippen molar-refractivity contribution >= 4 is 17.7 Å². The molecule has 176 valence electrons. The van der Waals surface area contributed by atoms with Crippen molar-refractivity contribution in [3.63, 3.8) is 0 Å². The molecule has 0 saturated heterocycles. The molecule has 0 radical (unpaired) electrons. The highest BCUT2D eigenvalue weighted by Crippen LogP contribution is 2.45. The maximum Gasteiger partial charge on any atom is 0.349 e. The molecule has 1 heterocycles. The van der Waals surface area contributed by atoms with Crippen LogP contribution in [0.5, 0.6) is 0 Å². The molecule has 3 aromatic rings. The average Bonchev–Trinajstić information content (AvgIpc) is 2.81. The Kier molecular flexibility index (Phi) is 7.18. The van der Waals surface area contributed by atoms with Gasteiger partial charge in [0.25, 0.3) is 0 Å². The van der Waals surface area contributed by atoms with E-state index >= 15 is 0 Å². The molecule has 1 aliphatic rings. The summed E-state index contributed by atoms with van der Waals surface area (Å²) in [5.74, 6) is -0.361. The molecule has 3 nitrogen and oxygen atoms in total. The Morgan fingerprint density at radius 3 is 2.18 bits per heavy atom. The second-order valence-electron chi connectivity index (χ2n) is 10.1. The summed E-state index contributed by atoms with van der Waals surface area (Å²) in [6.45, 7) is 6.59. The van der Waals surface area contributed by atoms with E-state index in [0.29, 0.717) is 6.42 Å². The number of cyclic esters (lactones) is 1. The first-order chi connectivity index (χ1) is 16.3. The van der Waals surface area contributed by atoms with Crippen LogP contribution in [0, 0.1) is 5.41 Å². The first kappa shape index (κ1) is 24.2. The molecule has 1 aliphatic heterocycles. The number of aryl methyl sites for hydroxylation is 1. The highest BCUT2D eigenvalue weighted by atomic mass is 32.2. The SMILES string of the molecule is CC(C)(C)Cc1ccccc1SC1=C(O)CC(CCc2ccccc2)(c2ccccc2)OC1=O. The van der Waals surface area contributed by atoms with Gasteiger partial charge in [0.15, 0.2) is 0 Å². The van der Waals surface area contributed by atoms with Crippen molar-refractivity contribution in [2.24, 2.45) is 5.41 Å². The van der Waals surface area contributed by atoms with Crippen LogP contribution in [0.25, 0.3) is 0 Å². The summed E-state index contributed by atoms with van der Waals surface area (Å²) in [6, 6.07) is 28.0. The lowest BCUT2D eigenvalue weighted by atomic mass is 9.82. The molecule has 1 unspecified atom stereocenters. The Hall–Kier alpha value is -2.98. The topological polar surface area (TPSA) is 46.5 Å². The van der Waals surface area contributed by atoms with Crippen molar-refractivity contribution in [1.82, 2.24) is 0 Å². The molecule has 0 bridgehead atoms. The minimum absolute atomic E-state index is 0.101. The summed E-state index contributed by atoms with van der Waals surface area (Å²) >= 11 is 1.31. The van der Waals surface area contributed by atoms with Gasteiger partial charge in [-0.2, -0.15) is 0 Å². The van der Waals surface area contributed by atoms with E-state index in [1.807, 2.05) is 66.7 Å². The Balaban J connectivity index is 1.64. The quantitative estimate of drug-likeness (QED) is 0.359. The number of esters is 1. The predicted molar refractivity (Wildman–Crippen MR) is 139 cm³/mol. The summed E-state index contributed by atoms with van der Waals surface area (Å²) in [5.41, 5.74) is 2.46. The minimum Gasteiger partial charge on any atom is -0.511 e. The largest absolute Gasteiger partial charge is 0.511 e. The van der Waals surface area contributed by atoms with Crippen molar-refractivity contribution in [2.45, 2.75) is 57.0 Å². The number of rotatable bonds is 7. The Labute approximate surface area is 206 Å². The van der Waals surface area contributed by atoms with Crippen LogP contribution in [0.2, 0.25) is 0 Å². The fraction of sp³-hybridized carbons (Fsp3) is 0.300. The molecule has 0 spiro atoms. The van der Waals surface area contributed by atoms with E-state index in [9.17, 15) is 9.90 Å². The van der Waals surface area contributed by atoms with Crippen molar-refractivity contribution in [3.05, 3.63) is 112 Å². The third kappa shape index (κ3) is 5.74. The first-order valence-electron chi connectivity index (χ1n) is 11.8. The van der Waals surface area contributed by atoms with E-state index in [1.54, 1.807) is 0 Å². The van der Waals surface area contributed by atoms with E-state index < -0.39 is 11.6 Å². The number of aliphatic hydroxyl groups excluding tert-OH is 1. The number of carbonyl (C=O) groups excluding carboxylic acids is 1. The van der Waals surface area contributed by atoms with Crippen molar-refractivity contribution in [2.75, 3.05) is 0 Å². The molecule has 0 aliphatic carbocycles. The molecule has 3 aromatic carbocycles. The van der Waals surface area contributed by atoms with Gasteiger partial charge >= 0.3 is 5.97 Å². The van der Waals surface area contributed by atoms with Gasteiger partial charge in [-0.25, -0.2) is 4.79 Å². The van der Waals surface area contributed by atoms with Crippen molar-refractivity contribution < 1.29 is 14.6 Å². The minimum atomic E-state index is -0.896. The van der Waals surface area contributed by atoms with Gasteiger partial charge in [0.1, 0.15) is 16.3 Å². The lowest BCUT2D eigenvalue weighted by Crippen LogP contribution is -2.38. The van der Waals surface area contributed by atoms with E-state index in [-0.39, 0.29) is 22.5 Å². The molecule has 0 aromatic heterocycles. The van der Waals surface area contributed by atoms with Crippen LogP contribution in [0.4, 0.5) is 0 Å². The van der Waals surface area contributed by atoms with Crippen LogP contribution in [0.3, 0.4) is 0 Å². The van der Waals surface area contributed by atoms with Crippen molar-refractivity contribution in [1.29, 1.82) is 0 Å². The molecule has 4 heteroatoms. The highest BCUT2D eigenvalue weighted by Gasteiger charge is 2.43. The zero-order valence-electron chi connectivity index (χ0n) is 20.1. The fourth-order valence-corrected chi connectivity index (χ4v) is 5.39. The van der Waals surface area contributed by atoms with Crippen LogP contribution in [0.1, 0.15) is 50.3 Å². The molecule has 1 atom stereocenters. The van der Waals surface area contributed by atoms with Crippen LogP contribution in [-0.4, -0.2) is 11.1 Å².